The number of thioether (sulfide) groups is 1. The Morgan fingerprint density at radius 2 is 1.68 bits per heavy atom. The molecule has 4 rings (SSSR count). The molecule has 6 heteroatoms. The molecule has 0 amide bonds. The molecule has 1 heterocycles. The van der Waals surface area contributed by atoms with Crippen molar-refractivity contribution < 1.29 is 4.39 Å². The van der Waals surface area contributed by atoms with Gasteiger partial charge < -0.3 is 0 Å². The Labute approximate surface area is 170 Å². The zero-order valence-corrected chi connectivity index (χ0v) is 16.5. The average Bonchev–Trinajstić information content (AvgIpc) is 2.70. The summed E-state index contributed by atoms with van der Waals surface area (Å²) in [6.07, 6.45) is 0. The molecule has 3 aromatic carbocycles. The molecule has 0 bridgehead atoms. The Balaban J connectivity index is 1.89. The van der Waals surface area contributed by atoms with Crippen LogP contribution in [-0.2, 0) is 0 Å². The molecule has 28 heavy (non-hydrogen) atoms. The van der Waals surface area contributed by atoms with Gasteiger partial charge in [0.05, 0.1) is 21.6 Å². The van der Waals surface area contributed by atoms with Gasteiger partial charge in [0, 0.05) is 5.25 Å². The van der Waals surface area contributed by atoms with Crippen LogP contribution in [0.3, 0.4) is 0 Å². The number of fused-ring (bicyclic) bond motifs is 1. The second-order valence-corrected chi connectivity index (χ2v) is 8.03. The maximum absolute atomic E-state index is 13.3. The van der Waals surface area contributed by atoms with E-state index >= 15 is 0 Å². The van der Waals surface area contributed by atoms with Crippen molar-refractivity contribution in [2.45, 2.75) is 17.3 Å². The largest absolute Gasteiger partial charge is 0.268 e. The van der Waals surface area contributed by atoms with E-state index in [9.17, 15) is 9.18 Å². The third-order valence-corrected chi connectivity index (χ3v) is 5.89. The third-order valence-electron chi connectivity index (χ3n) is 4.46. The van der Waals surface area contributed by atoms with Crippen molar-refractivity contribution in [1.82, 2.24) is 9.55 Å². The molecule has 0 fully saturated rings. The molecule has 0 radical (unpaired) electrons. The Morgan fingerprint density at radius 1 is 1.00 bits per heavy atom. The van der Waals surface area contributed by atoms with E-state index in [4.69, 9.17) is 16.6 Å². The lowest BCUT2D eigenvalue weighted by Crippen LogP contribution is -2.22. The highest BCUT2D eigenvalue weighted by molar-refractivity contribution is 7.99. The highest BCUT2D eigenvalue weighted by Gasteiger charge is 2.18. The van der Waals surface area contributed by atoms with Gasteiger partial charge in [-0.05, 0) is 48.9 Å². The van der Waals surface area contributed by atoms with E-state index in [1.165, 1.54) is 23.9 Å². The fourth-order valence-electron chi connectivity index (χ4n) is 3.00. The number of rotatable bonds is 4. The molecule has 0 N–H and O–H groups in total. The number of para-hydroxylation sites is 2. The van der Waals surface area contributed by atoms with E-state index in [1.807, 2.05) is 37.3 Å². The van der Waals surface area contributed by atoms with Crippen LogP contribution in [0.2, 0.25) is 5.02 Å². The van der Waals surface area contributed by atoms with Crippen LogP contribution < -0.4 is 5.56 Å². The summed E-state index contributed by atoms with van der Waals surface area (Å²) in [6, 6.07) is 20.8. The van der Waals surface area contributed by atoms with Gasteiger partial charge in [0.15, 0.2) is 5.16 Å². The van der Waals surface area contributed by atoms with E-state index in [-0.39, 0.29) is 16.6 Å². The number of halogens is 2. The zero-order chi connectivity index (χ0) is 19.7. The van der Waals surface area contributed by atoms with Gasteiger partial charge in [-0.25, -0.2) is 9.37 Å². The smallest absolute Gasteiger partial charge is 0.266 e. The van der Waals surface area contributed by atoms with Crippen LogP contribution in [-0.4, -0.2) is 9.55 Å². The fourth-order valence-corrected chi connectivity index (χ4v) is 4.26. The second kappa shape index (κ2) is 7.78. The van der Waals surface area contributed by atoms with Crippen LogP contribution in [0, 0.1) is 5.82 Å². The van der Waals surface area contributed by atoms with Crippen LogP contribution in [0.1, 0.15) is 17.7 Å². The topological polar surface area (TPSA) is 34.9 Å². The molecule has 1 atom stereocenters. The van der Waals surface area contributed by atoms with Crippen molar-refractivity contribution >= 4 is 34.3 Å². The minimum absolute atomic E-state index is 0.0394. The van der Waals surface area contributed by atoms with Crippen LogP contribution >= 0.6 is 23.4 Å². The molecule has 4 aromatic rings. The molecular formula is C22H16ClFN2OS. The van der Waals surface area contributed by atoms with Gasteiger partial charge in [-0.1, -0.05) is 59.8 Å². The van der Waals surface area contributed by atoms with Crippen LogP contribution in [0.5, 0.6) is 0 Å². The minimum atomic E-state index is -0.280. The minimum Gasteiger partial charge on any atom is -0.268 e. The Kier molecular flexibility index (Phi) is 5.20. The zero-order valence-electron chi connectivity index (χ0n) is 15.0. The monoisotopic (exact) mass is 410 g/mol. The molecule has 140 valence electrons. The highest BCUT2D eigenvalue weighted by Crippen LogP contribution is 2.35. The highest BCUT2D eigenvalue weighted by atomic mass is 35.5. The number of hydrogen-bond acceptors (Lipinski definition) is 3. The molecule has 3 nitrogen and oxygen atoms in total. The van der Waals surface area contributed by atoms with Gasteiger partial charge in [0.2, 0.25) is 0 Å². The van der Waals surface area contributed by atoms with E-state index in [2.05, 4.69) is 0 Å². The summed E-state index contributed by atoms with van der Waals surface area (Å²) in [5, 5.41) is 1.50. The third kappa shape index (κ3) is 3.55. The molecule has 0 aliphatic carbocycles. The van der Waals surface area contributed by atoms with E-state index in [0.29, 0.717) is 26.8 Å². The summed E-state index contributed by atoms with van der Waals surface area (Å²) >= 11 is 7.82. The maximum Gasteiger partial charge on any atom is 0.266 e. The van der Waals surface area contributed by atoms with Crippen LogP contribution in [0.4, 0.5) is 4.39 Å². The normalized spacial score (nSPS) is 12.2. The molecule has 0 saturated carbocycles. The number of benzene rings is 3. The first-order valence-corrected chi connectivity index (χ1v) is 9.99. The van der Waals surface area contributed by atoms with Crippen molar-refractivity contribution in [2.24, 2.45) is 0 Å². The molecule has 0 unspecified atom stereocenters. The second-order valence-electron chi connectivity index (χ2n) is 6.32. The maximum atomic E-state index is 13.3. The summed E-state index contributed by atoms with van der Waals surface area (Å²) in [4.78, 5) is 18.0. The van der Waals surface area contributed by atoms with Gasteiger partial charge in [-0.15, -0.1) is 0 Å². The van der Waals surface area contributed by atoms with Crippen molar-refractivity contribution in [2.75, 3.05) is 0 Å². The summed E-state index contributed by atoms with van der Waals surface area (Å²) < 4.78 is 14.8. The lowest BCUT2D eigenvalue weighted by Gasteiger charge is -2.17. The van der Waals surface area contributed by atoms with E-state index in [1.54, 1.807) is 34.9 Å². The lowest BCUT2D eigenvalue weighted by atomic mass is 10.2. The first-order valence-electron chi connectivity index (χ1n) is 8.73. The van der Waals surface area contributed by atoms with Crippen molar-refractivity contribution in [1.29, 1.82) is 0 Å². The van der Waals surface area contributed by atoms with E-state index < -0.39 is 0 Å². The van der Waals surface area contributed by atoms with Crippen LogP contribution in [0.15, 0.2) is 82.7 Å². The van der Waals surface area contributed by atoms with Gasteiger partial charge in [-0.3, -0.25) is 9.36 Å². The predicted octanol–water partition coefficient (Wildman–Crippen LogP) is 6.03. The average molecular weight is 411 g/mol. The van der Waals surface area contributed by atoms with Crippen molar-refractivity contribution in [3.8, 4) is 5.69 Å². The molecule has 0 spiro atoms. The summed E-state index contributed by atoms with van der Waals surface area (Å²) in [5.74, 6) is -0.280. The molecular weight excluding hydrogens is 395 g/mol. The quantitative estimate of drug-likeness (QED) is 0.304. The molecule has 1 aromatic heterocycles. The SMILES string of the molecule is C[C@@H](Sc1nc2ccccc2c(=O)n1-c1ccccc1Cl)c1ccc(F)cc1. The first kappa shape index (κ1) is 18.7. The summed E-state index contributed by atoms with van der Waals surface area (Å²) in [7, 11) is 0. The number of nitrogens with zero attached hydrogens (tertiary/aromatic N) is 2. The predicted molar refractivity (Wildman–Crippen MR) is 113 cm³/mol. The van der Waals surface area contributed by atoms with Crippen LogP contribution in [0.25, 0.3) is 16.6 Å². The molecule has 0 saturated heterocycles. The molecule has 0 aliphatic rings. The summed E-state index contributed by atoms with van der Waals surface area (Å²) in [6.45, 7) is 2.00. The number of aromatic nitrogens is 2. The standard InChI is InChI=1S/C22H16ClFN2OS/c1-14(15-10-12-16(24)13-11-15)28-22-25-19-8-4-2-6-17(19)21(27)26(22)20-9-5-3-7-18(20)23/h2-14H,1H3/t14-/m1/s1. The van der Waals surface area contributed by atoms with Gasteiger partial charge in [-0.2, -0.15) is 0 Å². The van der Waals surface area contributed by atoms with E-state index in [0.717, 1.165) is 5.56 Å². The summed E-state index contributed by atoms with van der Waals surface area (Å²) in [5.41, 5.74) is 1.98. The lowest BCUT2D eigenvalue weighted by molar-refractivity contribution is 0.627. The number of hydrogen-bond donors (Lipinski definition) is 0. The van der Waals surface area contributed by atoms with Crippen molar-refractivity contribution in [3.05, 3.63) is 99.6 Å². The Morgan fingerprint density at radius 3 is 2.43 bits per heavy atom. The Bertz CT molecular complexity index is 1210. The van der Waals surface area contributed by atoms with Crippen molar-refractivity contribution in [3.63, 3.8) is 0 Å². The Hall–Kier alpha value is -2.63. The van der Waals surface area contributed by atoms with Gasteiger partial charge >= 0.3 is 0 Å². The first-order chi connectivity index (χ1) is 13.5. The fraction of sp³-hybridized carbons (Fsp3) is 0.0909. The van der Waals surface area contributed by atoms with Gasteiger partial charge in [0.1, 0.15) is 5.82 Å². The molecule has 0 aliphatic heterocycles. The van der Waals surface area contributed by atoms with Gasteiger partial charge in [0.25, 0.3) is 5.56 Å².